The second-order valence-corrected chi connectivity index (χ2v) is 9.06. The summed E-state index contributed by atoms with van der Waals surface area (Å²) >= 11 is 3.24. The Kier molecular flexibility index (Phi) is 6.06. The molecule has 3 heterocycles. The third-order valence-electron chi connectivity index (χ3n) is 5.23. The summed E-state index contributed by atoms with van der Waals surface area (Å²) in [4.78, 5) is 28.9. The van der Waals surface area contributed by atoms with Crippen molar-refractivity contribution in [3.05, 3.63) is 63.8 Å². The number of rotatable bonds is 8. The maximum absolute atomic E-state index is 12.4. The third kappa shape index (κ3) is 5.10. The SMILES string of the molecule is O=C(CC[C@]1(Cc2ccsc2)CCC(=O)N1)NCc1csc(-c2ccccc2)n1. The predicted octanol–water partition coefficient (Wildman–Crippen LogP) is 4.16. The summed E-state index contributed by atoms with van der Waals surface area (Å²) in [7, 11) is 0. The Hall–Kier alpha value is -2.51. The summed E-state index contributed by atoms with van der Waals surface area (Å²) in [6, 6.07) is 12.1. The Morgan fingerprint density at radius 1 is 1.21 bits per heavy atom. The molecule has 5 nitrogen and oxygen atoms in total. The van der Waals surface area contributed by atoms with Gasteiger partial charge in [0.2, 0.25) is 11.8 Å². The molecule has 150 valence electrons. The quantitative estimate of drug-likeness (QED) is 0.569. The van der Waals surface area contributed by atoms with Crippen LogP contribution in [0.25, 0.3) is 10.6 Å². The molecule has 1 aliphatic rings. The van der Waals surface area contributed by atoms with Crippen LogP contribution in [-0.4, -0.2) is 22.3 Å². The van der Waals surface area contributed by atoms with Gasteiger partial charge >= 0.3 is 0 Å². The lowest BCUT2D eigenvalue weighted by molar-refractivity contribution is -0.122. The van der Waals surface area contributed by atoms with Gasteiger partial charge in [0.25, 0.3) is 0 Å². The van der Waals surface area contributed by atoms with Gasteiger partial charge in [-0.3, -0.25) is 9.59 Å². The van der Waals surface area contributed by atoms with E-state index in [-0.39, 0.29) is 17.4 Å². The first kappa shape index (κ1) is 19.8. The van der Waals surface area contributed by atoms with E-state index in [1.807, 2.05) is 41.1 Å². The number of hydrogen-bond acceptors (Lipinski definition) is 5. The standard InChI is InChI=1S/C22H23N3O2S2/c26-19(23-13-18-15-29-21(24-18)17-4-2-1-3-5-17)6-9-22(10-7-20(27)25-22)12-16-8-11-28-14-16/h1-5,8,11,14-15H,6-7,9-10,12-13H2,(H,23,26)(H,25,27)/t22-/m1/s1. The largest absolute Gasteiger partial charge is 0.350 e. The summed E-state index contributed by atoms with van der Waals surface area (Å²) < 4.78 is 0. The van der Waals surface area contributed by atoms with Gasteiger partial charge in [-0.15, -0.1) is 11.3 Å². The van der Waals surface area contributed by atoms with E-state index in [4.69, 9.17) is 0 Å². The van der Waals surface area contributed by atoms with Crippen LogP contribution in [0.15, 0.2) is 52.5 Å². The second-order valence-electron chi connectivity index (χ2n) is 7.42. The molecule has 0 aliphatic carbocycles. The number of carbonyl (C=O) groups is 2. The minimum absolute atomic E-state index is 0.00916. The summed E-state index contributed by atoms with van der Waals surface area (Å²) in [6.07, 6.45) is 3.13. The molecule has 3 aromatic rings. The molecule has 2 amide bonds. The average Bonchev–Trinajstić information content (AvgIpc) is 3.48. The van der Waals surface area contributed by atoms with Crippen LogP contribution in [0.1, 0.15) is 36.9 Å². The molecule has 2 aromatic heterocycles. The highest BCUT2D eigenvalue weighted by Gasteiger charge is 2.37. The number of thiazole rings is 1. The number of aromatic nitrogens is 1. The van der Waals surface area contributed by atoms with Crippen molar-refractivity contribution in [3.63, 3.8) is 0 Å². The highest BCUT2D eigenvalue weighted by molar-refractivity contribution is 7.13. The van der Waals surface area contributed by atoms with E-state index in [2.05, 4.69) is 27.1 Å². The van der Waals surface area contributed by atoms with Gasteiger partial charge in [-0.25, -0.2) is 4.98 Å². The number of carbonyl (C=O) groups excluding carboxylic acids is 2. The molecular formula is C22H23N3O2S2. The van der Waals surface area contributed by atoms with Gasteiger partial charge in [-0.1, -0.05) is 30.3 Å². The third-order valence-corrected chi connectivity index (χ3v) is 6.90. The molecule has 1 fully saturated rings. The van der Waals surface area contributed by atoms with Gasteiger partial charge in [0.05, 0.1) is 12.2 Å². The van der Waals surface area contributed by atoms with Crippen LogP contribution in [0, 0.1) is 0 Å². The van der Waals surface area contributed by atoms with Gasteiger partial charge in [-0.2, -0.15) is 11.3 Å². The highest BCUT2D eigenvalue weighted by atomic mass is 32.1. The molecule has 1 aliphatic heterocycles. The normalized spacial score (nSPS) is 18.6. The average molecular weight is 426 g/mol. The second kappa shape index (κ2) is 8.88. The molecular weight excluding hydrogens is 402 g/mol. The van der Waals surface area contributed by atoms with Crippen molar-refractivity contribution in [1.29, 1.82) is 0 Å². The van der Waals surface area contributed by atoms with Gasteiger partial charge in [-0.05, 0) is 41.7 Å². The summed E-state index contributed by atoms with van der Waals surface area (Å²) in [6.45, 7) is 0.423. The van der Waals surface area contributed by atoms with Crippen LogP contribution in [0.2, 0.25) is 0 Å². The van der Waals surface area contributed by atoms with E-state index in [0.29, 0.717) is 25.8 Å². The molecule has 0 radical (unpaired) electrons. The van der Waals surface area contributed by atoms with Crippen molar-refractivity contribution in [3.8, 4) is 10.6 Å². The number of hydrogen-bond donors (Lipinski definition) is 2. The minimum Gasteiger partial charge on any atom is -0.350 e. The zero-order chi connectivity index (χ0) is 20.1. The predicted molar refractivity (Wildman–Crippen MR) is 117 cm³/mol. The number of nitrogens with zero attached hydrogens (tertiary/aromatic N) is 1. The van der Waals surface area contributed by atoms with Crippen molar-refractivity contribution in [2.24, 2.45) is 0 Å². The van der Waals surface area contributed by atoms with Gasteiger partial charge in [0.1, 0.15) is 5.01 Å². The topological polar surface area (TPSA) is 71.1 Å². The van der Waals surface area contributed by atoms with Gasteiger partial charge < -0.3 is 10.6 Å². The Labute approximate surface area is 178 Å². The van der Waals surface area contributed by atoms with Gasteiger partial charge in [0.15, 0.2) is 0 Å². The maximum atomic E-state index is 12.4. The number of benzene rings is 1. The molecule has 7 heteroatoms. The fourth-order valence-corrected chi connectivity index (χ4v) is 5.19. The first-order chi connectivity index (χ1) is 14.1. The number of thiophene rings is 1. The summed E-state index contributed by atoms with van der Waals surface area (Å²) in [5.74, 6) is 0.0710. The first-order valence-electron chi connectivity index (χ1n) is 9.71. The van der Waals surface area contributed by atoms with Crippen LogP contribution >= 0.6 is 22.7 Å². The monoisotopic (exact) mass is 425 g/mol. The van der Waals surface area contributed by atoms with Crippen LogP contribution in [0.5, 0.6) is 0 Å². The lowest BCUT2D eigenvalue weighted by atomic mass is 9.85. The summed E-state index contributed by atoms with van der Waals surface area (Å²) in [5.41, 5.74) is 2.86. The van der Waals surface area contributed by atoms with Crippen molar-refractivity contribution in [1.82, 2.24) is 15.6 Å². The molecule has 1 aromatic carbocycles. The van der Waals surface area contributed by atoms with Crippen LogP contribution in [0.3, 0.4) is 0 Å². The Bertz CT molecular complexity index is 969. The van der Waals surface area contributed by atoms with Crippen molar-refractivity contribution >= 4 is 34.5 Å². The van der Waals surface area contributed by atoms with Crippen LogP contribution in [-0.2, 0) is 22.6 Å². The number of nitrogens with one attached hydrogen (secondary N) is 2. The van der Waals surface area contributed by atoms with E-state index in [0.717, 1.165) is 29.1 Å². The van der Waals surface area contributed by atoms with Crippen LogP contribution in [0.4, 0.5) is 0 Å². The van der Waals surface area contributed by atoms with E-state index in [1.165, 1.54) is 5.56 Å². The van der Waals surface area contributed by atoms with E-state index in [9.17, 15) is 9.59 Å². The minimum atomic E-state index is -0.309. The lowest BCUT2D eigenvalue weighted by Crippen LogP contribution is -2.44. The maximum Gasteiger partial charge on any atom is 0.220 e. The Morgan fingerprint density at radius 2 is 2.07 bits per heavy atom. The van der Waals surface area contributed by atoms with Crippen LogP contribution < -0.4 is 10.6 Å². The summed E-state index contributed by atoms with van der Waals surface area (Å²) in [5, 5.41) is 13.2. The van der Waals surface area contributed by atoms with E-state index >= 15 is 0 Å². The van der Waals surface area contributed by atoms with Crippen molar-refractivity contribution in [2.75, 3.05) is 0 Å². The first-order valence-corrected chi connectivity index (χ1v) is 11.5. The number of amides is 2. The zero-order valence-electron chi connectivity index (χ0n) is 16.0. The molecule has 2 N–H and O–H groups in total. The van der Waals surface area contributed by atoms with Crippen molar-refractivity contribution in [2.45, 2.75) is 44.2 Å². The lowest BCUT2D eigenvalue weighted by Gasteiger charge is -2.29. The molecule has 4 rings (SSSR count). The van der Waals surface area contributed by atoms with Crippen molar-refractivity contribution < 1.29 is 9.59 Å². The van der Waals surface area contributed by atoms with E-state index in [1.54, 1.807) is 22.7 Å². The molecule has 0 unspecified atom stereocenters. The zero-order valence-corrected chi connectivity index (χ0v) is 17.7. The Balaban J connectivity index is 1.30. The molecule has 0 spiro atoms. The molecule has 0 bridgehead atoms. The Morgan fingerprint density at radius 3 is 2.79 bits per heavy atom. The van der Waals surface area contributed by atoms with Gasteiger partial charge in [0, 0.05) is 29.3 Å². The molecule has 1 atom stereocenters. The van der Waals surface area contributed by atoms with E-state index < -0.39 is 0 Å². The fraction of sp³-hybridized carbons (Fsp3) is 0.318. The molecule has 1 saturated heterocycles. The molecule has 0 saturated carbocycles. The smallest absolute Gasteiger partial charge is 0.220 e. The molecule has 29 heavy (non-hydrogen) atoms. The highest BCUT2D eigenvalue weighted by Crippen LogP contribution is 2.30. The fourth-order valence-electron chi connectivity index (χ4n) is 3.70.